The average molecular weight is 474 g/mol. The van der Waals surface area contributed by atoms with E-state index in [4.69, 9.17) is 16.3 Å². The zero-order valence-corrected chi connectivity index (χ0v) is 18.6. The number of nitrogens with zero attached hydrogens (tertiary/aromatic N) is 3. The third kappa shape index (κ3) is 4.68. The summed E-state index contributed by atoms with van der Waals surface area (Å²) in [5, 5.41) is 6.37. The number of anilines is 3. The van der Waals surface area contributed by atoms with Gasteiger partial charge in [0.15, 0.2) is 5.82 Å². The normalized spacial score (nSPS) is 14.2. The van der Waals surface area contributed by atoms with E-state index in [0.717, 1.165) is 18.9 Å². The van der Waals surface area contributed by atoms with E-state index in [0.29, 0.717) is 41.2 Å². The molecule has 0 atom stereocenters. The molecule has 0 spiro atoms. The van der Waals surface area contributed by atoms with Crippen LogP contribution in [0.25, 0.3) is 10.9 Å². The van der Waals surface area contributed by atoms with Crippen molar-refractivity contribution in [3.63, 3.8) is 0 Å². The monoisotopic (exact) mass is 473 g/mol. The van der Waals surface area contributed by atoms with Crippen LogP contribution in [0.15, 0.2) is 43.2 Å². The molecule has 1 fully saturated rings. The number of piperidine rings is 1. The Bertz CT molecular complexity index is 1220. The molecule has 1 aliphatic rings. The Labute approximate surface area is 194 Å². The Morgan fingerprint density at radius 1 is 1.24 bits per heavy atom. The molecule has 1 amide bonds. The second-order valence-corrected chi connectivity index (χ2v) is 7.97. The van der Waals surface area contributed by atoms with E-state index in [1.54, 1.807) is 18.1 Å². The number of amides is 1. The molecular weight excluding hydrogens is 452 g/mol. The molecule has 2 heterocycles. The van der Waals surface area contributed by atoms with Crippen LogP contribution in [-0.4, -0.2) is 47.0 Å². The summed E-state index contributed by atoms with van der Waals surface area (Å²) in [5.74, 6) is -0.899. The second-order valence-electron chi connectivity index (χ2n) is 7.59. The molecule has 3 aromatic rings. The van der Waals surface area contributed by atoms with Crippen molar-refractivity contribution < 1.29 is 18.3 Å². The number of halogens is 3. The topological polar surface area (TPSA) is 79.4 Å². The van der Waals surface area contributed by atoms with E-state index in [9.17, 15) is 13.6 Å². The van der Waals surface area contributed by atoms with E-state index in [1.165, 1.54) is 18.5 Å². The quantitative estimate of drug-likeness (QED) is 0.391. The Morgan fingerprint density at radius 2 is 2.00 bits per heavy atom. The minimum atomic E-state index is -0.906. The average Bonchev–Trinajstić information content (AvgIpc) is 2.84. The number of likely N-dealkylation sites (tertiary alicyclic amines) is 1. The maximum Gasteiger partial charge on any atom is 0.245 e. The highest BCUT2D eigenvalue weighted by atomic mass is 35.5. The van der Waals surface area contributed by atoms with Crippen molar-refractivity contribution in [2.24, 2.45) is 0 Å². The van der Waals surface area contributed by atoms with Gasteiger partial charge in [-0.1, -0.05) is 18.2 Å². The molecule has 172 valence electrons. The van der Waals surface area contributed by atoms with Crippen LogP contribution in [0.2, 0.25) is 5.02 Å². The molecule has 0 radical (unpaired) electrons. The van der Waals surface area contributed by atoms with Gasteiger partial charge in [-0.3, -0.25) is 4.79 Å². The molecule has 7 nitrogen and oxygen atoms in total. The highest BCUT2D eigenvalue weighted by Crippen LogP contribution is 2.35. The summed E-state index contributed by atoms with van der Waals surface area (Å²) >= 11 is 5.70. The van der Waals surface area contributed by atoms with E-state index < -0.39 is 16.7 Å². The van der Waals surface area contributed by atoms with E-state index >= 15 is 0 Å². The van der Waals surface area contributed by atoms with Gasteiger partial charge in [0, 0.05) is 30.6 Å². The zero-order valence-electron chi connectivity index (χ0n) is 17.9. The van der Waals surface area contributed by atoms with Gasteiger partial charge in [0.25, 0.3) is 0 Å². The molecule has 0 bridgehead atoms. The van der Waals surface area contributed by atoms with Crippen LogP contribution in [0.4, 0.5) is 26.0 Å². The molecule has 1 aliphatic heterocycles. The number of fused-ring (bicyclic) bond motifs is 1. The molecule has 2 aromatic carbocycles. The second kappa shape index (κ2) is 9.58. The predicted molar refractivity (Wildman–Crippen MR) is 124 cm³/mol. The first-order valence-corrected chi connectivity index (χ1v) is 10.7. The fraction of sp³-hybridized carbons (Fsp3) is 0.261. The van der Waals surface area contributed by atoms with E-state index in [2.05, 4.69) is 27.2 Å². The summed E-state index contributed by atoms with van der Waals surface area (Å²) in [7, 11) is 1.56. The molecule has 10 heteroatoms. The highest BCUT2D eigenvalue weighted by molar-refractivity contribution is 6.31. The predicted octanol–water partition coefficient (Wildman–Crippen LogP) is 4.90. The van der Waals surface area contributed by atoms with Gasteiger partial charge in [0.1, 0.15) is 28.7 Å². The minimum Gasteiger partial charge on any atom is -0.495 e. The molecule has 33 heavy (non-hydrogen) atoms. The van der Waals surface area contributed by atoms with Crippen molar-refractivity contribution in [3.05, 3.63) is 59.9 Å². The van der Waals surface area contributed by atoms with E-state index in [-0.39, 0.29) is 17.6 Å². The molecule has 0 unspecified atom stereocenters. The van der Waals surface area contributed by atoms with Crippen molar-refractivity contribution in [3.8, 4) is 5.75 Å². The Hall–Kier alpha value is -3.46. The van der Waals surface area contributed by atoms with Crippen LogP contribution in [-0.2, 0) is 4.79 Å². The molecule has 2 N–H and O–H groups in total. The summed E-state index contributed by atoms with van der Waals surface area (Å²) in [6.45, 7) is 4.78. The van der Waals surface area contributed by atoms with Crippen molar-refractivity contribution in [1.82, 2.24) is 14.9 Å². The van der Waals surface area contributed by atoms with Gasteiger partial charge < -0.3 is 20.3 Å². The number of methoxy groups -OCH3 is 1. The highest BCUT2D eigenvalue weighted by Gasteiger charge is 2.23. The molecular formula is C23H22ClF2N5O2. The molecule has 1 aromatic heterocycles. The summed E-state index contributed by atoms with van der Waals surface area (Å²) in [6, 6.07) is 6.04. The van der Waals surface area contributed by atoms with E-state index in [1.807, 2.05) is 6.07 Å². The van der Waals surface area contributed by atoms with Crippen molar-refractivity contribution in [1.29, 1.82) is 0 Å². The lowest BCUT2D eigenvalue weighted by atomic mass is 10.0. The van der Waals surface area contributed by atoms with Gasteiger partial charge in [-0.15, -0.1) is 0 Å². The maximum atomic E-state index is 14.4. The SMILES string of the molecule is C=CC(=O)N1CCC(Nc2cc3c(Nc4ccc(F)c(Cl)c4F)ncnc3cc2OC)CC1. The Balaban J connectivity index is 1.63. The number of carbonyl (C=O) groups excluding carboxylic acids is 1. The third-order valence-electron chi connectivity index (χ3n) is 5.59. The molecule has 0 aliphatic carbocycles. The van der Waals surface area contributed by atoms with Gasteiger partial charge in [0.2, 0.25) is 5.91 Å². The molecule has 1 saturated heterocycles. The summed E-state index contributed by atoms with van der Waals surface area (Å²) in [5.41, 5.74) is 1.29. The summed E-state index contributed by atoms with van der Waals surface area (Å²) < 4.78 is 33.5. The standard InChI is InChI=1S/C23H22ClF2N5O2/c1-3-20(32)31-8-6-13(7-9-31)29-18-10-14-17(11-19(18)33-2)27-12-28-23(14)30-16-5-4-15(25)21(24)22(16)26/h3-5,10-13,29H,1,6-9H2,2H3,(H,27,28,30). The zero-order chi connectivity index (χ0) is 23.5. The number of nitrogens with one attached hydrogen (secondary N) is 2. The first-order valence-electron chi connectivity index (χ1n) is 10.3. The first kappa shape index (κ1) is 22.7. The van der Waals surface area contributed by atoms with Crippen molar-refractivity contribution in [2.75, 3.05) is 30.8 Å². The van der Waals surface area contributed by atoms with Gasteiger partial charge in [-0.25, -0.2) is 18.7 Å². The number of benzene rings is 2. The van der Waals surface area contributed by atoms with Crippen LogP contribution in [0.1, 0.15) is 12.8 Å². The van der Waals surface area contributed by atoms with Gasteiger partial charge in [-0.05, 0) is 37.1 Å². The number of aromatic nitrogens is 2. The third-order valence-corrected chi connectivity index (χ3v) is 5.93. The number of hydrogen-bond donors (Lipinski definition) is 2. The van der Waals surface area contributed by atoms with Crippen LogP contribution in [0.3, 0.4) is 0 Å². The van der Waals surface area contributed by atoms with Crippen LogP contribution >= 0.6 is 11.6 Å². The number of ether oxygens (including phenoxy) is 1. The lowest BCUT2D eigenvalue weighted by molar-refractivity contribution is -0.126. The van der Waals surface area contributed by atoms with Gasteiger partial charge in [0.05, 0.1) is 24.0 Å². The van der Waals surface area contributed by atoms with Gasteiger partial charge >= 0.3 is 0 Å². The number of rotatable bonds is 6. The Morgan fingerprint density at radius 3 is 2.70 bits per heavy atom. The summed E-state index contributed by atoms with van der Waals surface area (Å²) in [4.78, 5) is 22.1. The van der Waals surface area contributed by atoms with Crippen LogP contribution in [0.5, 0.6) is 5.75 Å². The summed E-state index contributed by atoms with van der Waals surface area (Å²) in [6.07, 6.45) is 4.19. The Kier molecular flexibility index (Phi) is 6.60. The van der Waals surface area contributed by atoms with Gasteiger partial charge in [-0.2, -0.15) is 0 Å². The largest absolute Gasteiger partial charge is 0.495 e. The fourth-order valence-electron chi connectivity index (χ4n) is 3.81. The van der Waals surface area contributed by atoms with Crippen LogP contribution < -0.4 is 15.4 Å². The number of hydrogen-bond acceptors (Lipinski definition) is 6. The number of carbonyl (C=O) groups is 1. The lowest BCUT2D eigenvalue weighted by Gasteiger charge is -2.32. The van der Waals surface area contributed by atoms with Crippen molar-refractivity contribution >= 4 is 45.6 Å². The maximum absolute atomic E-state index is 14.4. The molecule has 4 rings (SSSR count). The molecule has 0 saturated carbocycles. The van der Waals surface area contributed by atoms with Crippen LogP contribution in [0, 0.1) is 11.6 Å². The van der Waals surface area contributed by atoms with Crippen molar-refractivity contribution in [2.45, 2.75) is 18.9 Å². The first-order chi connectivity index (χ1) is 15.9. The lowest BCUT2D eigenvalue weighted by Crippen LogP contribution is -2.41. The fourth-order valence-corrected chi connectivity index (χ4v) is 3.97. The smallest absolute Gasteiger partial charge is 0.245 e. The minimum absolute atomic E-state index is 0.00835.